The number of amides is 2. The first-order valence-electron chi connectivity index (χ1n) is 8.52. The third-order valence-corrected chi connectivity index (χ3v) is 6.04. The molecule has 2 N–H and O–H groups in total. The zero-order valence-electron chi connectivity index (χ0n) is 15.7. The lowest BCUT2D eigenvalue weighted by Crippen LogP contribution is -2.14. The summed E-state index contributed by atoms with van der Waals surface area (Å²) in [6, 6.07) is 14.3. The lowest BCUT2D eigenvalue weighted by molar-refractivity contribution is -0.113. The van der Waals surface area contributed by atoms with Gasteiger partial charge in [-0.1, -0.05) is 46.8 Å². The zero-order valence-corrected chi connectivity index (χ0v) is 18.1. The molecule has 2 amide bonds. The van der Waals surface area contributed by atoms with Gasteiger partial charge >= 0.3 is 0 Å². The van der Waals surface area contributed by atoms with Gasteiger partial charge in [0.05, 0.1) is 16.3 Å². The smallest absolute Gasteiger partial charge is 0.259 e. The molecule has 0 aliphatic rings. The van der Waals surface area contributed by atoms with E-state index in [9.17, 15) is 9.59 Å². The number of halogens is 1. The summed E-state index contributed by atoms with van der Waals surface area (Å²) < 4.78 is 0.581. The largest absolute Gasteiger partial charge is 0.378 e. The number of carbonyl (C=O) groups excluding carboxylic acids is 2. The summed E-state index contributed by atoms with van der Waals surface area (Å²) in [5.74, 6) is -0.325. The van der Waals surface area contributed by atoms with E-state index in [-0.39, 0.29) is 17.6 Å². The topological polar surface area (TPSA) is 87.2 Å². The Morgan fingerprint density at radius 1 is 1.07 bits per heavy atom. The van der Waals surface area contributed by atoms with Crippen molar-refractivity contribution in [2.24, 2.45) is 0 Å². The molecule has 150 valence electrons. The fourth-order valence-corrected chi connectivity index (χ4v) is 4.06. The minimum atomic E-state index is -0.359. The summed E-state index contributed by atoms with van der Waals surface area (Å²) in [4.78, 5) is 26.4. The van der Waals surface area contributed by atoms with Gasteiger partial charge in [-0.25, -0.2) is 0 Å². The van der Waals surface area contributed by atoms with Gasteiger partial charge in [0, 0.05) is 25.5 Å². The Bertz CT molecular complexity index is 1010. The zero-order chi connectivity index (χ0) is 20.8. The van der Waals surface area contributed by atoms with Gasteiger partial charge in [-0.15, -0.1) is 10.2 Å². The normalized spacial score (nSPS) is 10.4. The number of hydrogen-bond donors (Lipinski definition) is 2. The fourth-order valence-electron chi connectivity index (χ4n) is 2.30. The van der Waals surface area contributed by atoms with E-state index in [4.69, 9.17) is 11.6 Å². The molecule has 0 atom stereocenters. The number of benzene rings is 2. The molecule has 0 saturated heterocycles. The van der Waals surface area contributed by atoms with Gasteiger partial charge in [0.1, 0.15) is 0 Å². The number of thioether (sulfide) groups is 1. The van der Waals surface area contributed by atoms with Crippen molar-refractivity contribution in [3.63, 3.8) is 0 Å². The monoisotopic (exact) mass is 447 g/mol. The van der Waals surface area contributed by atoms with E-state index in [1.54, 1.807) is 24.3 Å². The Kier molecular flexibility index (Phi) is 7.08. The van der Waals surface area contributed by atoms with Gasteiger partial charge in [-0.05, 0) is 36.4 Å². The third-order valence-electron chi connectivity index (χ3n) is 3.74. The summed E-state index contributed by atoms with van der Waals surface area (Å²) in [5, 5.41) is 14.1. The third kappa shape index (κ3) is 5.93. The second-order valence-corrected chi connectivity index (χ2v) is 8.69. The van der Waals surface area contributed by atoms with Crippen LogP contribution in [0, 0.1) is 0 Å². The molecule has 3 aromatic rings. The van der Waals surface area contributed by atoms with Crippen molar-refractivity contribution in [2.45, 2.75) is 4.34 Å². The van der Waals surface area contributed by atoms with E-state index in [0.29, 0.717) is 20.1 Å². The summed E-state index contributed by atoms with van der Waals surface area (Å²) in [6.45, 7) is 0. The van der Waals surface area contributed by atoms with E-state index in [0.717, 1.165) is 11.4 Å². The van der Waals surface area contributed by atoms with Crippen molar-refractivity contribution >= 4 is 63.0 Å². The molecule has 29 heavy (non-hydrogen) atoms. The van der Waals surface area contributed by atoms with Gasteiger partial charge in [-0.2, -0.15) is 0 Å². The minimum Gasteiger partial charge on any atom is -0.378 e. The first kappa shape index (κ1) is 21.1. The molecule has 0 bridgehead atoms. The van der Waals surface area contributed by atoms with Gasteiger partial charge in [-0.3, -0.25) is 14.9 Å². The van der Waals surface area contributed by atoms with Crippen LogP contribution in [0.5, 0.6) is 0 Å². The van der Waals surface area contributed by atoms with Crippen molar-refractivity contribution in [1.82, 2.24) is 10.2 Å². The van der Waals surface area contributed by atoms with E-state index < -0.39 is 0 Å². The van der Waals surface area contributed by atoms with Crippen molar-refractivity contribution in [1.29, 1.82) is 0 Å². The van der Waals surface area contributed by atoms with Crippen molar-refractivity contribution in [3.8, 4) is 0 Å². The summed E-state index contributed by atoms with van der Waals surface area (Å²) in [7, 11) is 3.91. The first-order chi connectivity index (χ1) is 13.9. The molecule has 0 spiro atoms. The molecule has 10 heteroatoms. The molecule has 0 unspecified atom stereocenters. The summed E-state index contributed by atoms with van der Waals surface area (Å²) in [6.07, 6.45) is 0. The fraction of sp³-hybridized carbons (Fsp3) is 0.158. The number of aromatic nitrogens is 2. The van der Waals surface area contributed by atoms with Crippen LogP contribution in [0.15, 0.2) is 52.9 Å². The second-order valence-electron chi connectivity index (χ2n) is 6.09. The van der Waals surface area contributed by atoms with Crippen LogP contribution >= 0.6 is 34.7 Å². The number of nitrogens with zero attached hydrogens (tertiary/aromatic N) is 3. The van der Waals surface area contributed by atoms with Crippen molar-refractivity contribution in [2.75, 3.05) is 35.4 Å². The van der Waals surface area contributed by atoms with Crippen LogP contribution in [0.4, 0.5) is 16.5 Å². The highest BCUT2D eigenvalue weighted by Gasteiger charge is 2.14. The molecular weight excluding hydrogens is 430 g/mol. The van der Waals surface area contributed by atoms with Gasteiger partial charge in [0.2, 0.25) is 11.0 Å². The van der Waals surface area contributed by atoms with Gasteiger partial charge in [0.25, 0.3) is 5.91 Å². The van der Waals surface area contributed by atoms with Crippen LogP contribution in [-0.4, -0.2) is 41.9 Å². The van der Waals surface area contributed by atoms with Crippen LogP contribution in [0.1, 0.15) is 10.4 Å². The van der Waals surface area contributed by atoms with Crippen LogP contribution in [0.2, 0.25) is 5.02 Å². The highest BCUT2D eigenvalue weighted by atomic mass is 35.5. The summed E-state index contributed by atoms with van der Waals surface area (Å²) in [5.41, 5.74) is 2.14. The molecule has 0 fully saturated rings. The van der Waals surface area contributed by atoms with Crippen LogP contribution in [-0.2, 0) is 4.79 Å². The molecule has 3 rings (SSSR count). The first-order valence-corrected chi connectivity index (χ1v) is 10.7. The van der Waals surface area contributed by atoms with Crippen LogP contribution in [0.25, 0.3) is 0 Å². The van der Waals surface area contributed by atoms with E-state index >= 15 is 0 Å². The predicted molar refractivity (Wildman–Crippen MR) is 119 cm³/mol. The van der Waals surface area contributed by atoms with Crippen LogP contribution < -0.4 is 15.5 Å². The molecule has 7 nitrogen and oxygen atoms in total. The maximum Gasteiger partial charge on any atom is 0.259 e. The number of hydrogen-bond acceptors (Lipinski definition) is 7. The number of rotatable bonds is 7. The predicted octanol–water partition coefficient (Wildman–Crippen LogP) is 4.24. The quantitative estimate of drug-likeness (QED) is 0.416. The van der Waals surface area contributed by atoms with E-state index in [1.807, 2.05) is 43.3 Å². The number of carbonyl (C=O) groups is 2. The highest BCUT2D eigenvalue weighted by molar-refractivity contribution is 8.01. The maximum atomic E-state index is 12.2. The molecule has 2 aromatic carbocycles. The number of nitrogens with one attached hydrogen (secondary N) is 2. The average molecular weight is 448 g/mol. The SMILES string of the molecule is CN(C)c1ccc(NC(=O)CSc2nnc(NC(=O)c3ccccc3Cl)s2)cc1. The Hall–Kier alpha value is -2.62. The minimum absolute atomic E-state index is 0.149. The Morgan fingerprint density at radius 3 is 2.48 bits per heavy atom. The molecule has 0 radical (unpaired) electrons. The standard InChI is InChI=1S/C19H18ClN5O2S2/c1-25(2)13-9-7-12(8-10-13)21-16(26)11-28-19-24-23-18(29-19)22-17(27)14-5-3-4-6-15(14)20/h3-10H,11H2,1-2H3,(H,21,26)(H,22,23,27). The van der Waals surface area contributed by atoms with E-state index in [2.05, 4.69) is 20.8 Å². The Labute approximate surface area is 181 Å². The molecular formula is C19H18ClN5O2S2. The van der Waals surface area contributed by atoms with Gasteiger partial charge in [0.15, 0.2) is 4.34 Å². The lowest BCUT2D eigenvalue weighted by atomic mass is 10.2. The Balaban J connectivity index is 1.50. The maximum absolute atomic E-state index is 12.2. The number of anilines is 3. The molecule has 0 aliphatic heterocycles. The summed E-state index contributed by atoms with van der Waals surface area (Å²) >= 11 is 8.47. The van der Waals surface area contributed by atoms with E-state index in [1.165, 1.54) is 23.1 Å². The lowest BCUT2D eigenvalue weighted by Gasteiger charge is -2.12. The van der Waals surface area contributed by atoms with Crippen molar-refractivity contribution in [3.05, 3.63) is 59.1 Å². The van der Waals surface area contributed by atoms with Crippen LogP contribution in [0.3, 0.4) is 0 Å². The Morgan fingerprint density at radius 2 is 1.79 bits per heavy atom. The molecule has 0 saturated carbocycles. The molecule has 0 aliphatic carbocycles. The molecule has 1 heterocycles. The highest BCUT2D eigenvalue weighted by Crippen LogP contribution is 2.26. The van der Waals surface area contributed by atoms with Crippen molar-refractivity contribution < 1.29 is 9.59 Å². The van der Waals surface area contributed by atoms with Gasteiger partial charge < -0.3 is 10.2 Å². The molecule has 1 aromatic heterocycles. The average Bonchev–Trinajstić information content (AvgIpc) is 3.14. The second kappa shape index (κ2) is 9.73.